The second-order valence-electron chi connectivity index (χ2n) is 6.50. The number of hydrogen-bond donors (Lipinski definition) is 0. The maximum atomic E-state index is 13.3. The first-order valence-electron chi connectivity index (χ1n) is 8.45. The van der Waals surface area contributed by atoms with E-state index in [1.807, 2.05) is 49.5 Å². The number of carbonyl (C=O) groups is 1. The molecule has 2 aromatic heterocycles. The molecule has 6 heteroatoms. The lowest BCUT2D eigenvalue weighted by Gasteiger charge is -2.24. The van der Waals surface area contributed by atoms with Crippen LogP contribution in [0.1, 0.15) is 40.6 Å². The molecule has 1 aromatic carbocycles. The van der Waals surface area contributed by atoms with Gasteiger partial charge in [0.2, 0.25) is 0 Å². The van der Waals surface area contributed by atoms with Gasteiger partial charge in [0.25, 0.3) is 5.91 Å². The third-order valence-electron chi connectivity index (χ3n) is 4.91. The van der Waals surface area contributed by atoms with Crippen molar-refractivity contribution in [3.63, 3.8) is 0 Å². The summed E-state index contributed by atoms with van der Waals surface area (Å²) < 4.78 is 12.9. The number of carbonyl (C=O) groups excluding carboxylic acids is 1. The molecule has 0 bridgehead atoms. The van der Waals surface area contributed by atoms with Crippen molar-refractivity contribution in [2.24, 2.45) is 7.05 Å². The van der Waals surface area contributed by atoms with E-state index in [1.54, 1.807) is 11.8 Å². The van der Waals surface area contributed by atoms with E-state index in [0.717, 1.165) is 30.3 Å². The zero-order valence-corrected chi connectivity index (χ0v) is 14.7. The van der Waals surface area contributed by atoms with Crippen LogP contribution in [0, 0.1) is 6.92 Å². The van der Waals surface area contributed by atoms with Gasteiger partial charge in [0.1, 0.15) is 17.1 Å². The lowest BCUT2D eigenvalue weighted by Crippen LogP contribution is -2.30. The van der Waals surface area contributed by atoms with Gasteiger partial charge in [-0.05, 0) is 38.0 Å². The van der Waals surface area contributed by atoms with Gasteiger partial charge in [-0.15, -0.1) is 0 Å². The number of hydrogen-bond acceptors (Lipinski definition) is 4. The Morgan fingerprint density at radius 3 is 2.96 bits per heavy atom. The molecule has 0 aliphatic carbocycles. The maximum absolute atomic E-state index is 13.3. The SMILES string of the molecule is COc1ccc2oc(C)c(C(=O)N3CCCC3c3cnn(C)c3)c2c1. The Morgan fingerprint density at radius 1 is 1.40 bits per heavy atom. The van der Waals surface area contributed by atoms with E-state index in [4.69, 9.17) is 9.15 Å². The standard InChI is InChI=1S/C19H21N3O3/c1-12-18(15-9-14(24-3)6-7-17(15)25-12)19(23)22-8-4-5-16(22)13-10-20-21(2)11-13/h6-7,9-11,16H,4-5,8H2,1-3H3. The van der Waals surface area contributed by atoms with Crippen LogP contribution >= 0.6 is 0 Å². The largest absolute Gasteiger partial charge is 0.497 e. The van der Waals surface area contributed by atoms with Crippen molar-refractivity contribution in [3.05, 3.63) is 47.5 Å². The number of methoxy groups -OCH3 is 1. The lowest BCUT2D eigenvalue weighted by molar-refractivity contribution is 0.0735. The number of rotatable bonds is 3. The molecule has 130 valence electrons. The smallest absolute Gasteiger partial charge is 0.258 e. The summed E-state index contributed by atoms with van der Waals surface area (Å²) in [6, 6.07) is 5.62. The fraction of sp³-hybridized carbons (Fsp3) is 0.368. The Balaban J connectivity index is 1.75. The molecule has 25 heavy (non-hydrogen) atoms. The predicted molar refractivity (Wildman–Crippen MR) is 93.7 cm³/mol. The number of amides is 1. The highest BCUT2D eigenvalue weighted by atomic mass is 16.5. The fourth-order valence-corrected chi connectivity index (χ4v) is 3.70. The molecule has 1 unspecified atom stereocenters. The van der Waals surface area contributed by atoms with Crippen LogP contribution in [0.15, 0.2) is 35.0 Å². The third kappa shape index (κ3) is 2.58. The van der Waals surface area contributed by atoms with E-state index in [9.17, 15) is 4.79 Å². The summed E-state index contributed by atoms with van der Waals surface area (Å²) >= 11 is 0. The lowest BCUT2D eigenvalue weighted by atomic mass is 10.1. The van der Waals surface area contributed by atoms with E-state index in [-0.39, 0.29) is 11.9 Å². The molecule has 1 aliphatic rings. The highest BCUT2D eigenvalue weighted by Gasteiger charge is 2.33. The second kappa shape index (κ2) is 5.95. The van der Waals surface area contributed by atoms with Crippen molar-refractivity contribution in [1.29, 1.82) is 0 Å². The predicted octanol–water partition coefficient (Wildman–Crippen LogP) is 3.46. The Kier molecular flexibility index (Phi) is 3.75. The van der Waals surface area contributed by atoms with Crippen LogP contribution in [0.25, 0.3) is 11.0 Å². The average Bonchev–Trinajstić information content (AvgIpc) is 3.30. The zero-order valence-electron chi connectivity index (χ0n) is 14.7. The molecular weight excluding hydrogens is 318 g/mol. The first kappa shape index (κ1) is 15.7. The molecule has 3 heterocycles. The normalized spacial score (nSPS) is 17.4. The number of likely N-dealkylation sites (tertiary alicyclic amines) is 1. The van der Waals surface area contributed by atoms with Gasteiger partial charge in [-0.1, -0.05) is 0 Å². The summed E-state index contributed by atoms with van der Waals surface area (Å²) in [4.78, 5) is 15.3. The van der Waals surface area contributed by atoms with Gasteiger partial charge in [-0.3, -0.25) is 9.48 Å². The number of fused-ring (bicyclic) bond motifs is 1. The van der Waals surface area contributed by atoms with Crippen LogP contribution in [0.5, 0.6) is 5.75 Å². The molecule has 1 fully saturated rings. The van der Waals surface area contributed by atoms with Crippen LogP contribution in [0.3, 0.4) is 0 Å². The minimum absolute atomic E-state index is 0.0101. The average molecular weight is 339 g/mol. The van der Waals surface area contributed by atoms with E-state index in [0.29, 0.717) is 22.7 Å². The number of benzene rings is 1. The topological polar surface area (TPSA) is 60.5 Å². The molecule has 1 atom stereocenters. The molecule has 1 saturated heterocycles. The van der Waals surface area contributed by atoms with E-state index < -0.39 is 0 Å². The molecule has 3 aromatic rings. The molecule has 0 radical (unpaired) electrons. The first-order chi connectivity index (χ1) is 12.1. The Morgan fingerprint density at radius 2 is 2.24 bits per heavy atom. The van der Waals surface area contributed by atoms with E-state index in [1.165, 1.54) is 0 Å². The molecule has 0 saturated carbocycles. The molecular formula is C19H21N3O3. The second-order valence-corrected chi connectivity index (χ2v) is 6.50. The molecule has 1 aliphatic heterocycles. The van der Waals surface area contributed by atoms with E-state index in [2.05, 4.69) is 5.10 Å². The maximum Gasteiger partial charge on any atom is 0.258 e. The van der Waals surface area contributed by atoms with Gasteiger partial charge < -0.3 is 14.1 Å². The monoisotopic (exact) mass is 339 g/mol. The zero-order chi connectivity index (χ0) is 17.6. The molecule has 0 N–H and O–H groups in total. The highest BCUT2D eigenvalue weighted by Crippen LogP contribution is 2.36. The highest BCUT2D eigenvalue weighted by molar-refractivity contribution is 6.07. The quantitative estimate of drug-likeness (QED) is 0.733. The number of aromatic nitrogens is 2. The summed E-state index contributed by atoms with van der Waals surface area (Å²) in [6.45, 7) is 2.59. The Bertz CT molecular complexity index is 941. The van der Waals surface area contributed by atoms with Crippen LogP contribution in [-0.2, 0) is 7.05 Å². The molecule has 1 amide bonds. The molecule has 0 spiro atoms. The van der Waals surface area contributed by atoms with Gasteiger partial charge in [0.05, 0.1) is 24.9 Å². The molecule has 4 rings (SSSR count). The van der Waals surface area contributed by atoms with Gasteiger partial charge in [0, 0.05) is 30.7 Å². The van der Waals surface area contributed by atoms with Crippen molar-refractivity contribution in [1.82, 2.24) is 14.7 Å². The Hall–Kier alpha value is -2.76. The summed E-state index contributed by atoms with van der Waals surface area (Å²) in [5, 5.41) is 5.06. The first-order valence-corrected chi connectivity index (χ1v) is 8.45. The number of aryl methyl sites for hydroxylation is 2. The third-order valence-corrected chi connectivity index (χ3v) is 4.91. The van der Waals surface area contributed by atoms with Gasteiger partial charge in [0.15, 0.2) is 0 Å². The summed E-state index contributed by atoms with van der Waals surface area (Å²) in [6.07, 6.45) is 5.78. The van der Waals surface area contributed by atoms with Gasteiger partial charge in [-0.25, -0.2) is 0 Å². The van der Waals surface area contributed by atoms with Crippen LogP contribution < -0.4 is 4.74 Å². The number of furan rings is 1. The van der Waals surface area contributed by atoms with Crippen molar-refractivity contribution in [2.75, 3.05) is 13.7 Å². The summed E-state index contributed by atoms with van der Waals surface area (Å²) in [7, 11) is 3.51. The number of ether oxygens (including phenoxy) is 1. The van der Waals surface area contributed by atoms with Crippen molar-refractivity contribution in [2.45, 2.75) is 25.8 Å². The minimum Gasteiger partial charge on any atom is -0.497 e. The van der Waals surface area contributed by atoms with Crippen molar-refractivity contribution >= 4 is 16.9 Å². The summed E-state index contributed by atoms with van der Waals surface area (Å²) in [5.41, 5.74) is 2.42. The van der Waals surface area contributed by atoms with Crippen LogP contribution in [-0.4, -0.2) is 34.2 Å². The molecule has 6 nitrogen and oxygen atoms in total. The Labute approximate surface area is 146 Å². The van der Waals surface area contributed by atoms with E-state index >= 15 is 0 Å². The van der Waals surface area contributed by atoms with Crippen molar-refractivity contribution in [3.8, 4) is 5.75 Å². The van der Waals surface area contributed by atoms with Gasteiger partial charge >= 0.3 is 0 Å². The van der Waals surface area contributed by atoms with Gasteiger partial charge in [-0.2, -0.15) is 5.10 Å². The fourth-order valence-electron chi connectivity index (χ4n) is 3.70. The van der Waals surface area contributed by atoms with Crippen LogP contribution in [0.2, 0.25) is 0 Å². The number of nitrogens with zero attached hydrogens (tertiary/aromatic N) is 3. The summed E-state index contributed by atoms with van der Waals surface area (Å²) in [5.74, 6) is 1.37. The minimum atomic E-state index is 0.0101. The van der Waals surface area contributed by atoms with Crippen LogP contribution in [0.4, 0.5) is 0 Å². The van der Waals surface area contributed by atoms with Crippen molar-refractivity contribution < 1.29 is 13.9 Å².